The summed E-state index contributed by atoms with van der Waals surface area (Å²) in [6.07, 6.45) is 12.3. The predicted molar refractivity (Wildman–Crippen MR) is 94.1 cm³/mol. The second kappa shape index (κ2) is 7.06. The lowest BCUT2D eigenvalue weighted by Gasteiger charge is -2.36. The van der Waals surface area contributed by atoms with Crippen molar-refractivity contribution in [3.8, 4) is 11.3 Å². The van der Waals surface area contributed by atoms with Crippen molar-refractivity contribution in [2.75, 3.05) is 0 Å². The van der Waals surface area contributed by atoms with Gasteiger partial charge in [0, 0.05) is 11.6 Å². The Morgan fingerprint density at radius 3 is 2.62 bits per heavy atom. The molecular weight excluding hydrogens is 301 g/mol. The van der Waals surface area contributed by atoms with Gasteiger partial charge in [0.25, 0.3) is 0 Å². The summed E-state index contributed by atoms with van der Waals surface area (Å²) in [6.45, 7) is 0. The third-order valence-corrected chi connectivity index (χ3v) is 5.67. The summed E-state index contributed by atoms with van der Waals surface area (Å²) in [6, 6.07) is 7.65. The van der Waals surface area contributed by atoms with Crippen LogP contribution >= 0.6 is 0 Å². The predicted octanol–water partition coefficient (Wildman–Crippen LogP) is 4.98. The van der Waals surface area contributed by atoms with Gasteiger partial charge in [-0.3, -0.25) is 0 Å². The minimum absolute atomic E-state index is 0.208. The number of nitrogens with zero attached hydrogens (tertiary/aromatic N) is 1. The van der Waals surface area contributed by atoms with Gasteiger partial charge in [0.1, 0.15) is 11.6 Å². The van der Waals surface area contributed by atoms with Crippen molar-refractivity contribution in [3.63, 3.8) is 0 Å². The van der Waals surface area contributed by atoms with E-state index in [2.05, 4.69) is 15.3 Å². The molecule has 3 nitrogen and oxygen atoms in total. The van der Waals surface area contributed by atoms with E-state index in [0.717, 1.165) is 17.1 Å². The highest BCUT2D eigenvalue weighted by Crippen LogP contribution is 2.36. The van der Waals surface area contributed by atoms with Gasteiger partial charge < -0.3 is 10.3 Å². The molecule has 1 heterocycles. The second-order valence-electron chi connectivity index (χ2n) is 7.36. The second-order valence-corrected chi connectivity index (χ2v) is 7.36. The van der Waals surface area contributed by atoms with Crippen LogP contribution < -0.4 is 5.32 Å². The van der Waals surface area contributed by atoms with Gasteiger partial charge in [-0.1, -0.05) is 37.8 Å². The Hall–Kier alpha value is -1.68. The molecule has 0 radical (unpaired) electrons. The molecule has 1 aromatic heterocycles. The van der Waals surface area contributed by atoms with Gasteiger partial charge in [0.2, 0.25) is 0 Å². The van der Waals surface area contributed by atoms with Crippen molar-refractivity contribution in [2.45, 2.75) is 63.5 Å². The van der Waals surface area contributed by atoms with Crippen LogP contribution in [0.1, 0.15) is 63.2 Å². The van der Waals surface area contributed by atoms with Crippen LogP contribution in [0.2, 0.25) is 0 Å². The first kappa shape index (κ1) is 15.8. The van der Waals surface area contributed by atoms with E-state index >= 15 is 0 Å². The average molecular weight is 327 g/mol. The van der Waals surface area contributed by atoms with E-state index in [-0.39, 0.29) is 5.82 Å². The van der Waals surface area contributed by atoms with Gasteiger partial charge >= 0.3 is 0 Å². The molecule has 2 fully saturated rings. The maximum atomic E-state index is 13.5. The Balaban J connectivity index is 1.57. The number of rotatable bonds is 5. The number of imidazole rings is 1. The Morgan fingerprint density at radius 2 is 1.92 bits per heavy atom. The molecule has 1 atom stereocenters. The molecule has 0 spiro atoms. The van der Waals surface area contributed by atoms with Crippen LogP contribution in [-0.2, 0) is 0 Å². The molecule has 1 aromatic carbocycles. The molecule has 4 heteroatoms. The first-order valence-electron chi connectivity index (χ1n) is 9.36. The van der Waals surface area contributed by atoms with Gasteiger partial charge in [-0.05, 0) is 43.7 Å². The van der Waals surface area contributed by atoms with Crippen molar-refractivity contribution in [1.82, 2.24) is 15.3 Å². The minimum atomic E-state index is -0.208. The summed E-state index contributed by atoms with van der Waals surface area (Å²) in [4.78, 5) is 8.14. The number of aromatic amines is 1. The maximum Gasteiger partial charge on any atom is 0.124 e. The third kappa shape index (κ3) is 3.39. The Labute approximate surface area is 143 Å². The standard InChI is InChI=1S/C20H26FN3/c21-16-9-4-8-15(12-16)18-13-22-20(24-18)19(23-17-10-5-11-17)14-6-2-1-3-7-14/h4,8-9,12-14,17,19,23H,1-3,5-7,10-11H2,(H,22,24)/t19-/m0/s1. The smallest absolute Gasteiger partial charge is 0.124 e. The SMILES string of the molecule is Fc1cccc(-c2cnc([C@@H](NC3CCC3)C3CCCCC3)[nH]2)c1. The molecule has 24 heavy (non-hydrogen) atoms. The van der Waals surface area contributed by atoms with E-state index in [1.165, 1.54) is 57.4 Å². The van der Waals surface area contributed by atoms with Gasteiger partial charge in [0.15, 0.2) is 0 Å². The molecule has 2 aliphatic carbocycles. The molecule has 0 unspecified atom stereocenters. The molecule has 0 saturated heterocycles. The first-order valence-corrected chi connectivity index (χ1v) is 9.36. The summed E-state index contributed by atoms with van der Waals surface area (Å²) in [5.41, 5.74) is 1.76. The van der Waals surface area contributed by atoms with Crippen molar-refractivity contribution in [3.05, 3.63) is 42.1 Å². The quantitative estimate of drug-likeness (QED) is 0.813. The van der Waals surface area contributed by atoms with Crippen LogP contribution in [-0.4, -0.2) is 16.0 Å². The minimum Gasteiger partial charge on any atom is -0.341 e. The molecule has 0 amide bonds. The molecular formula is C20H26FN3. The van der Waals surface area contributed by atoms with E-state index in [9.17, 15) is 4.39 Å². The summed E-state index contributed by atoms with van der Waals surface area (Å²) in [5.74, 6) is 1.47. The van der Waals surface area contributed by atoms with E-state index in [1.54, 1.807) is 12.1 Å². The fourth-order valence-electron chi connectivity index (χ4n) is 4.03. The van der Waals surface area contributed by atoms with Gasteiger partial charge in [-0.2, -0.15) is 0 Å². The van der Waals surface area contributed by atoms with Gasteiger partial charge in [-0.25, -0.2) is 9.37 Å². The summed E-state index contributed by atoms with van der Waals surface area (Å²) >= 11 is 0. The summed E-state index contributed by atoms with van der Waals surface area (Å²) in [7, 11) is 0. The average Bonchev–Trinajstić information content (AvgIpc) is 3.04. The van der Waals surface area contributed by atoms with Crippen LogP contribution in [0.25, 0.3) is 11.3 Å². The molecule has 4 rings (SSSR count). The largest absolute Gasteiger partial charge is 0.341 e. The van der Waals surface area contributed by atoms with Crippen molar-refractivity contribution in [2.24, 2.45) is 5.92 Å². The topological polar surface area (TPSA) is 40.7 Å². The third-order valence-electron chi connectivity index (χ3n) is 5.67. The van der Waals surface area contributed by atoms with Gasteiger partial charge in [-0.15, -0.1) is 0 Å². The van der Waals surface area contributed by atoms with Crippen LogP contribution in [0.4, 0.5) is 4.39 Å². The maximum absolute atomic E-state index is 13.5. The lowest BCUT2D eigenvalue weighted by Crippen LogP contribution is -2.41. The lowest BCUT2D eigenvalue weighted by atomic mass is 9.82. The number of aromatic nitrogens is 2. The Kier molecular flexibility index (Phi) is 4.65. The normalized spacial score (nSPS) is 20.7. The highest BCUT2D eigenvalue weighted by molar-refractivity contribution is 5.58. The van der Waals surface area contributed by atoms with Crippen LogP contribution in [0, 0.1) is 11.7 Å². The Bertz CT molecular complexity index is 671. The fraction of sp³-hybridized carbons (Fsp3) is 0.550. The van der Waals surface area contributed by atoms with E-state index < -0.39 is 0 Å². The fourth-order valence-corrected chi connectivity index (χ4v) is 4.03. The van der Waals surface area contributed by atoms with Crippen molar-refractivity contribution < 1.29 is 4.39 Å². The Morgan fingerprint density at radius 1 is 1.08 bits per heavy atom. The van der Waals surface area contributed by atoms with E-state index in [0.29, 0.717) is 18.0 Å². The van der Waals surface area contributed by atoms with Crippen molar-refractivity contribution >= 4 is 0 Å². The number of halogens is 1. The summed E-state index contributed by atoms with van der Waals surface area (Å²) < 4.78 is 13.5. The van der Waals surface area contributed by atoms with E-state index in [4.69, 9.17) is 0 Å². The van der Waals surface area contributed by atoms with Gasteiger partial charge in [0.05, 0.1) is 17.9 Å². The number of H-pyrrole nitrogens is 1. The molecule has 2 N–H and O–H groups in total. The highest BCUT2D eigenvalue weighted by Gasteiger charge is 2.31. The number of benzene rings is 1. The van der Waals surface area contributed by atoms with Crippen LogP contribution in [0.15, 0.2) is 30.5 Å². The zero-order chi connectivity index (χ0) is 16.4. The highest BCUT2D eigenvalue weighted by atomic mass is 19.1. The molecule has 0 aliphatic heterocycles. The number of nitrogens with one attached hydrogen (secondary N) is 2. The number of hydrogen-bond donors (Lipinski definition) is 2. The zero-order valence-electron chi connectivity index (χ0n) is 14.1. The number of hydrogen-bond acceptors (Lipinski definition) is 2. The van der Waals surface area contributed by atoms with Crippen LogP contribution in [0.5, 0.6) is 0 Å². The lowest BCUT2D eigenvalue weighted by molar-refractivity contribution is 0.212. The molecule has 2 saturated carbocycles. The molecule has 2 aliphatic rings. The first-order chi connectivity index (χ1) is 11.8. The molecule has 128 valence electrons. The zero-order valence-corrected chi connectivity index (χ0v) is 14.1. The molecule has 2 aromatic rings. The van der Waals surface area contributed by atoms with Crippen LogP contribution in [0.3, 0.4) is 0 Å². The van der Waals surface area contributed by atoms with Crippen molar-refractivity contribution in [1.29, 1.82) is 0 Å². The van der Waals surface area contributed by atoms with E-state index in [1.807, 2.05) is 12.3 Å². The summed E-state index contributed by atoms with van der Waals surface area (Å²) in [5, 5.41) is 3.85. The molecule has 0 bridgehead atoms. The monoisotopic (exact) mass is 327 g/mol.